The lowest BCUT2D eigenvalue weighted by Gasteiger charge is -2.14. The number of alkyl halides is 6. The Morgan fingerprint density at radius 2 is 1.96 bits per heavy atom. The number of aromatic amines is 1. The van der Waals surface area contributed by atoms with Crippen LogP contribution in [0.3, 0.4) is 0 Å². The Hall–Kier alpha value is -2.09. The van der Waals surface area contributed by atoms with Gasteiger partial charge in [0.1, 0.15) is 0 Å². The monoisotopic (exact) mass is 366 g/mol. The minimum atomic E-state index is -4.74. The average Bonchev–Trinajstić information content (AvgIpc) is 2.43. The van der Waals surface area contributed by atoms with Crippen LogP contribution in [-0.4, -0.2) is 16.9 Å². The molecule has 1 aromatic carbocycles. The maximum atomic E-state index is 13.2. The van der Waals surface area contributed by atoms with Gasteiger partial charge in [0.15, 0.2) is 0 Å². The van der Waals surface area contributed by atoms with Crippen LogP contribution in [0.15, 0.2) is 35.3 Å². The highest BCUT2D eigenvalue weighted by Crippen LogP contribution is 2.36. The molecule has 0 bridgehead atoms. The molecule has 2 aromatic rings. The number of hydrogen-bond donors (Lipinski definition) is 2. The number of benzene rings is 1. The van der Waals surface area contributed by atoms with E-state index in [4.69, 9.17) is 11.6 Å². The molecular weight excluding hydrogens is 355 g/mol. The second kappa shape index (κ2) is 6.43. The van der Waals surface area contributed by atoms with E-state index in [0.29, 0.717) is 6.07 Å². The first-order valence-electron chi connectivity index (χ1n) is 6.69. The Morgan fingerprint density at radius 3 is 2.54 bits per heavy atom. The summed E-state index contributed by atoms with van der Waals surface area (Å²) in [6, 6.07) is 4.67. The van der Waals surface area contributed by atoms with E-state index in [-0.39, 0.29) is 22.0 Å². The van der Waals surface area contributed by atoms with Gasteiger partial charge in [0.2, 0.25) is 5.56 Å². The van der Waals surface area contributed by atoms with Crippen molar-refractivity contribution in [1.82, 2.24) is 10.3 Å². The Labute approximate surface area is 138 Å². The zero-order valence-electron chi connectivity index (χ0n) is 12.3. The normalized spacial score (nSPS) is 13.4. The topological polar surface area (TPSA) is 44.9 Å². The molecule has 0 saturated carbocycles. The predicted octanol–water partition coefficient (Wildman–Crippen LogP) is 4.33. The molecule has 2 rings (SSSR count). The van der Waals surface area contributed by atoms with Crippen molar-refractivity contribution in [3.8, 4) is 0 Å². The first kappa shape index (κ1) is 18.3. The average molecular weight is 367 g/mol. The van der Waals surface area contributed by atoms with Gasteiger partial charge >= 0.3 is 11.6 Å². The summed E-state index contributed by atoms with van der Waals surface area (Å²) >= 11 is 4.75. The number of allylic oxidation sites excluding steroid dienone is 1. The van der Waals surface area contributed by atoms with Crippen LogP contribution in [0, 0.1) is 0 Å². The molecule has 0 fully saturated rings. The maximum absolute atomic E-state index is 13.2. The summed E-state index contributed by atoms with van der Waals surface area (Å²) in [6.07, 6.45) is -3.59. The third-order valence-corrected chi connectivity index (χ3v) is 3.35. The van der Waals surface area contributed by atoms with Crippen molar-refractivity contribution >= 4 is 28.1 Å². The molecule has 0 saturated heterocycles. The summed E-state index contributed by atoms with van der Waals surface area (Å²) in [4.78, 5) is 13.8. The second-order valence-corrected chi connectivity index (χ2v) is 5.65. The van der Waals surface area contributed by atoms with Crippen LogP contribution in [0.1, 0.15) is 18.1 Å². The predicted molar refractivity (Wildman–Crippen MR) is 82.0 cm³/mol. The van der Waals surface area contributed by atoms with Gasteiger partial charge in [-0.3, -0.25) is 4.79 Å². The van der Waals surface area contributed by atoms with Gasteiger partial charge in [-0.05, 0) is 35.7 Å². The largest absolute Gasteiger partial charge is 0.417 e. The molecule has 1 heterocycles. The minimum Gasteiger partial charge on any atom is -0.384 e. The molecule has 3 nitrogen and oxygen atoms in total. The van der Waals surface area contributed by atoms with E-state index in [9.17, 15) is 26.7 Å². The van der Waals surface area contributed by atoms with E-state index in [0.717, 1.165) is 6.20 Å². The number of nitrogens with one attached hydrogen (secondary N) is 2. The Kier molecular flexibility index (Phi) is 4.89. The highest BCUT2D eigenvalue weighted by Gasteiger charge is 2.34. The van der Waals surface area contributed by atoms with Crippen LogP contribution in [0.25, 0.3) is 16.5 Å². The van der Waals surface area contributed by atoms with Crippen molar-refractivity contribution in [2.45, 2.75) is 18.5 Å². The van der Waals surface area contributed by atoms with Gasteiger partial charge in [0.25, 0.3) is 0 Å². The highest BCUT2D eigenvalue weighted by molar-refractivity contribution is 6.21. The van der Waals surface area contributed by atoms with Gasteiger partial charge in [-0.1, -0.05) is 12.1 Å². The zero-order valence-corrected chi connectivity index (χ0v) is 13.0. The molecule has 2 N–H and O–H groups in total. The van der Waals surface area contributed by atoms with Crippen LogP contribution < -0.4 is 10.9 Å². The first-order valence-corrected chi connectivity index (χ1v) is 7.07. The Morgan fingerprint density at radius 1 is 1.29 bits per heavy atom. The van der Waals surface area contributed by atoms with Crippen molar-refractivity contribution < 1.29 is 22.0 Å². The molecule has 0 unspecified atom stereocenters. The fourth-order valence-corrected chi connectivity index (χ4v) is 2.35. The summed E-state index contributed by atoms with van der Waals surface area (Å²) in [5.41, 5.74) is -1.54. The molecule has 0 amide bonds. The third kappa shape index (κ3) is 4.25. The van der Waals surface area contributed by atoms with Crippen molar-refractivity contribution in [2.24, 2.45) is 0 Å². The molecule has 9 heteroatoms. The van der Waals surface area contributed by atoms with Crippen molar-refractivity contribution in [3.05, 3.63) is 51.9 Å². The fourth-order valence-electron chi connectivity index (χ4n) is 2.27. The number of aromatic nitrogens is 1. The highest BCUT2D eigenvalue weighted by atomic mass is 35.5. The molecule has 0 radical (unpaired) electrons. The van der Waals surface area contributed by atoms with Gasteiger partial charge in [0.05, 0.1) is 12.1 Å². The quantitative estimate of drug-likeness (QED) is 0.625. The van der Waals surface area contributed by atoms with Crippen LogP contribution >= 0.6 is 11.6 Å². The summed E-state index contributed by atoms with van der Waals surface area (Å²) < 4.78 is 64.9. The lowest BCUT2D eigenvalue weighted by Crippen LogP contribution is -2.24. The van der Waals surface area contributed by atoms with E-state index in [1.54, 1.807) is 0 Å². The van der Waals surface area contributed by atoms with Crippen LogP contribution in [0.2, 0.25) is 0 Å². The number of pyridine rings is 1. The van der Waals surface area contributed by atoms with Crippen molar-refractivity contribution in [3.63, 3.8) is 0 Å². The molecule has 0 aliphatic heterocycles. The SMILES string of the molecule is C/C(=C/NCC(F)(F)Cl)c1cccc2[nH]c(=O)cc(C(F)(F)F)c12. The molecule has 0 atom stereocenters. The number of H-pyrrole nitrogens is 1. The molecular formula is C15H12ClF5N2O. The lowest BCUT2D eigenvalue weighted by molar-refractivity contribution is -0.136. The summed E-state index contributed by atoms with van der Waals surface area (Å²) in [5, 5.41) is -1.42. The van der Waals surface area contributed by atoms with Gasteiger partial charge in [-0.2, -0.15) is 22.0 Å². The van der Waals surface area contributed by atoms with Gasteiger partial charge in [-0.15, -0.1) is 0 Å². The number of fused-ring (bicyclic) bond motifs is 1. The van der Waals surface area contributed by atoms with E-state index in [2.05, 4.69) is 10.3 Å². The van der Waals surface area contributed by atoms with Crippen LogP contribution in [0.4, 0.5) is 22.0 Å². The molecule has 130 valence electrons. The third-order valence-electron chi connectivity index (χ3n) is 3.22. The molecule has 0 spiro atoms. The molecule has 24 heavy (non-hydrogen) atoms. The first-order chi connectivity index (χ1) is 11.0. The molecule has 0 aliphatic rings. The van der Waals surface area contributed by atoms with Gasteiger partial charge < -0.3 is 10.3 Å². The van der Waals surface area contributed by atoms with Gasteiger partial charge in [0, 0.05) is 23.2 Å². The van der Waals surface area contributed by atoms with Gasteiger partial charge in [-0.25, -0.2) is 0 Å². The van der Waals surface area contributed by atoms with E-state index >= 15 is 0 Å². The fraction of sp³-hybridized carbons (Fsp3) is 0.267. The van der Waals surface area contributed by atoms with Crippen molar-refractivity contribution in [1.29, 1.82) is 0 Å². The van der Waals surface area contributed by atoms with E-state index in [1.165, 1.54) is 25.1 Å². The van der Waals surface area contributed by atoms with Crippen LogP contribution in [0.5, 0.6) is 0 Å². The minimum absolute atomic E-state index is 0.00254. The zero-order chi connectivity index (χ0) is 18.1. The standard InChI is InChI=1S/C15H12ClF5N2O/c1-8(6-22-7-14(16,17)18)9-3-2-4-11-13(9)10(15(19,20)21)5-12(24)23-11/h2-6,22H,7H2,1H3,(H,23,24)/b8-6-. The van der Waals surface area contributed by atoms with Crippen molar-refractivity contribution in [2.75, 3.05) is 6.54 Å². The molecule has 0 aliphatic carbocycles. The number of halogens is 6. The maximum Gasteiger partial charge on any atom is 0.417 e. The Balaban J connectivity index is 2.59. The second-order valence-electron chi connectivity index (χ2n) is 5.10. The smallest absolute Gasteiger partial charge is 0.384 e. The lowest BCUT2D eigenvalue weighted by atomic mass is 9.98. The summed E-state index contributed by atoms with van der Waals surface area (Å²) in [7, 11) is 0. The number of rotatable bonds is 4. The molecule has 1 aromatic heterocycles. The summed E-state index contributed by atoms with van der Waals surface area (Å²) in [5.74, 6) is 0. The van der Waals surface area contributed by atoms with Crippen LogP contribution in [-0.2, 0) is 6.18 Å². The number of hydrogen-bond acceptors (Lipinski definition) is 2. The van der Waals surface area contributed by atoms with E-state index in [1.807, 2.05) is 0 Å². The van der Waals surface area contributed by atoms with E-state index < -0.39 is 29.2 Å². The Bertz CT molecular complexity index is 836. The summed E-state index contributed by atoms with van der Waals surface area (Å²) in [6.45, 7) is 0.582.